The van der Waals surface area contributed by atoms with E-state index in [1.807, 2.05) is 24.3 Å². The van der Waals surface area contributed by atoms with E-state index in [4.69, 9.17) is 4.74 Å². The SMILES string of the molecule is COC(=O)C1CC(NC(=O)[C@H]2C[C@H]3CCCN3[C@]23C(=O)Nc2ccccc23)C1. The van der Waals surface area contributed by atoms with Crippen molar-refractivity contribution in [3.05, 3.63) is 29.8 Å². The molecule has 3 aliphatic heterocycles. The molecule has 1 aromatic rings. The van der Waals surface area contributed by atoms with Crippen LogP contribution >= 0.6 is 0 Å². The van der Waals surface area contributed by atoms with Gasteiger partial charge in [0, 0.05) is 23.3 Å². The molecule has 1 aromatic carbocycles. The van der Waals surface area contributed by atoms with Gasteiger partial charge in [0.15, 0.2) is 0 Å². The Balaban J connectivity index is 1.42. The quantitative estimate of drug-likeness (QED) is 0.770. The summed E-state index contributed by atoms with van der Waals surface area (Å²) in [5, 5.41) is 6.12. The highest BCUT2D eigenvalue weighted by molar-refractivity contribution is 6.09. The molecule has 28 heavy (non-hydrogen) atoms. The van der Waals surface area contributed by atoms with Crippen LogP contribution in [-0.2, 0) is 24.7 Å². The molecule has 7 heteroatoms. The van der Waals surface area contributed by atoms with Crippen LogP contribution in [0, 0.1) is 11.8 Å². The van der Waals surface area contributed by atoms with Crippen molar-refractivity contribution >= 4 is 23.5 Å². The van der Waals surface area contributed by atoms with Gasteiger partial charge in [0.05, 0.1) is 18.9 Å². The van der Waals surface area contributed by atoms with Crippen molar-refractivity contribution in [3.8, 4) is 0 Å². The zero-order valence-electron chi connectivity index (χ0n) is 15.9. The van der Waals surface area contributed by atoms with Crippen LogP contribution in [0.25, 0.3) is 0 Å². The number of nitrogens with zero attached hydrogens (tertiary/aromatic N) is 1. The largest absolute Gasteiger partial charge is 0.469 e. The van der Waals surface area contributed by atoms with Gasteiger partial charge in [-0.1, -0.05) is 18.2 Å². The number of hydrogen-bond acceptors (Lipinski definition) is 5. The number of anilines is 1. The molecule has 3 heterocycles. The first kappa shape index (κ1) is 17.7. The van der Waals surface area contributed by atoms with Crippen LogP contribution in [0.5, 0.6) is 0 Å². The number of methoxy groups -OCH3 is 1. The summed E-state index contributed by atoms with van der Waals surface area (Å²) in [5.41, 5.74) is 0.825. The zero-order chi connectivity index (χ0) is 19.5. The Kier molecular flexibility index (Phi) is 3.98. The molecule has 1 spiro atoms. The van der Waals surface area contributed by atoms with E-state index in [2.05, 4.69) is 15.5 Å². The normalized spacial score (nSPS) is 35.8. The van der Waals surface area contributed by atoms with Crippen molar-refractivity contribution in [1.82, 2.24) is 10.2 Å². The van der Waals surface area contributed by atoms with Gasteiger partial charge in [-0.3, -0.25) is 19.3 Å². The molecule has 0 aromatic heterocycles. The lowest BCUT2D eigenvalue weighted by molar-refractivity contribution is -0.150. The fraction of sp³-hybridized carbons (Fsp3) is 0.571. The standard InChI is InChI=1S/C21H25N3O4/c1-28-19(26)12-9-13(10-12)22-18(25)16-11-14-5-4-8-24(14)21(16)15-6-2-3-7-17(15)23-20(21)27/h2-3,6-7,12-14,16H,4-5,8-11H2,1H3,(H,22,25)(H,23,27)/t12?,13?,14-,16-,21+/m1/s1. The third-order valence-electron chi connectivity index (χ3n) is 7.11. The molecule has 7 nitrogen and oxygen atoms in total. The van der Waals surface area contributed by atoms with Crippen LogP contribution in [0.1, 0.15) is 37.7 Å². The molecule has 2 saturated heterocycles. The second-order valence-electron chi connectivity index (χ2n) is 8.44. The van der Waals surface area contributed by atoms with E-state index in [-0.39, 0.29) is 35.8 Å². The molecule has 4 aliphatic rings. The average molecular weight is 383 g/mol. The van der Waals surface area contributed by atoms with Crippen molar-refractivity contribution in [1.29, 1.82) is 0 Å². The van der Waals surface area contributed by atoms with E-state index in [1.54, 1.807) is 0 Å². The Morgan fingerprint density at radius 3 is 2.82 bits per heavy atom. The first-order valence-electron chi connectivity index (χ1n) is 10.1. The topological polar surface area (TPSA) is 87.7 Å². The van der Waals surface area contributed by atoms with Gasteiger partial charge in [-0.2, -0.15) is 0 Å². The van der Waals surface area contributed by atoms with Crippen molar-refractivity contribution in [2.75, 3.05) is 19.0 Å². The smallest absolute Gasteiger partial charge is 0.308 e. The molecule has 3 atom stereocenters. The lowest BCUT2D eigenvalue weighted by atomic mass is 9.76. The van der Waals surface area contributed by atoms with Crippen molar-refractivity contribution in [2.24, 2.45) is 11.8 Å². The van der Waals surface area contributed by atoms with Gasteiger partial charge in [-0.05, 0) is 44.7 Å². The lowest BCUT2D eigenvalue weighted by Gasteiger charge is -2.39. The lowest BCUT2D eigenvalue weighted by Crippen LogP contribution is -2.56. The molecule has 1 saturated carbocycles. The molecule has 2 N–H and O–H groups in total. The number of rotatable bonds is 3. The second-order valence-corrected chi connectivity index (χ2v) is 8.44. The van der Waals surface area contributed by atoms with Gasteiger partial charge in [0.25, 0.3) is 0 Å². The molecule has 2 amide bonds. The van der Waals surface area contributed by atoms with Crippen LogP contribution in [0.4, 0.5) is 5.69 Å². The monoisotopic (exact) mass is 383 g/mol. The van der Waals surface area contributed by atoms with Crippen LogP contribution in [0.2, 0.25) is 0 Å². The molecular formula is C21H25N3O4. The predicted molar refractivity (Wildman–Crippen MR) is 101 cm³/mol. The fourth-order valence-corrected chi connectivity index (χ4v) is 5.78. The summed E-state index contributed by atoms with van der Waals surface area (Å²) in [6.45, 7) is 0.837. The molecule has 0 radical (unpaired) electrons. The summed E-state index contributed by atoms with van der Waals surface area (Å²) >= 11 is 0. The average Bonchev–Trinajstić information content (AvgIpc) is 3.31. The minimum Gasteiger partial charge on any atom is -0.469 e. The van der Waals surface area contributed by atoms with Crippen LogP contribution < -0.4 is 10.6 Å². The van der Waals surface area contributed by atoms with Crippen molar-refractivity contribution in [3.63, 3.8) is 0 Å². The van der Waals surface area contributed by atoms with Gasteiger partial charge >= 0.3 is 5.97 Å². The maximum absolute atomic E-state index is 13.3. The third kappa shape index (κ3) is 2.28. The number of benzene rings is 1. The molecule has 0 unspecified atom stereocenters. The maximum atomic E-state index is 13.3. The number of ether oxygens (including phenoxy) is 1. The zero-order valence-corrected chi connectivity index (χ0v) is 15.9. The first-order valence-corrected chi connectivity index (χ1v) is 10.1. The van der Waals surface area contributed by atoms with E-state index in [1.165, 1.54) is 7.11 Å². The van der Waals surface area contributed by atoms with Gasteiger partial charge in [0.2, 0.25) is 11.8 Å². The van der Waals surface area contributed by atoms with Crippen LogP contribution in [0.3, 0.4) is 0 Å². The van der Waals surface area contributed by atoms with Crippen molar-refractivity contribution < 1.29 is 19.1 Å². The molecular weight excluding hydrogens is 358 g/mol. The van der Waals surface area contributed by atoms with Crippen LogP contribution in [-0.4, -0.2) is 48.4 Å². The Morgan fingerprint density at radius 2 is 2.04 bits per heavy atom. The molecule has 148 valence electrons. The Bertz CT molecular complexity index is 850. The summed E-state index contributed by atoms with van der Waals surface area (Å²) in [7, 11) is 1.39. The van der Waals surface area contributed by atoms with E-state index < -0.39 is 11.5 Å². The van der Waals surface area contributed by atoms with Gasteiger partial charge in [-0.25, -0.2) is 0 Å². The Hall–Kier alpha value is -2.41. The van der Waals surface area contributed by atoms with E-state index in [9.17, 15) is 14.4 Å². The number of esters is 1. The van der Waals surface area contributed by atoms with Gasteiger partial charge < -0.3 is 15.4 Å². The predicted octanol–water partition coefficient (Wildman–Crippen LogP) is 1.39. The summed E-state index contributed by atoms with van der Waals surface area (Å²) < 4.78 is 4.78. The highest BCUT2D eigenvalue weighted by Crippen LogP contribution is 2.55. The number of carbonyl (C=O) groups excluding carboxylic acids is 3. The minimum absolute atomic E-state index is 0.0243. The third-order valence-corrected chi connectivity index (χ3v) is 7.11. The van der Waals surface area contributed by atoms with Crippen molar-refractivity contribution in [2.45, 2.75) is 49.7 Å². The Morgan fingerprint density at radius 1 is 1.25 bits per heavy atom. The van der Waals surface area contributed by atoms with Gasteiger partial charge in [0.1, 0.15) is 5.54 Å². The first-order chi connectivity index (χ1) is 13.6. The minimum atomic E-state index is -0.909. The van der Waals surface area contributed by atoms with Crippen LogP contribution in [0.15, 0.2) is 24.3 Å². The van der Waals surface area contributed by atoms with E-state index in [0.29, 0.717) is 19.3 Å². The maximum Gasteiger partial charge on any atom is 0.308 e. The molecule has 0 bridgehead atoms. The summed E-state index contributed by atoms with van der Waals surface area (Å²) in [6, 6.07) is 7.97. The van der Waals surface area contributed by atoms with E-state index >= 15 is 0 Å². The van der Waals surface area contributed by atoms with E-state index in [0.717, 1.165) is 30.6 Å². The summed E-state index contributed by atoms with van der Waals surface area (Å²) in [4.78, 5) is 40.4. The summed E-state index contributed by atoms with van der Waals surface area (Å²) in [6.07, 6.45) is 3.98. The highest BCUT2D eigenvalue weighted by Gasteiger charge is 2.65. The number of nitrogens with one attached hydrogen (secondary N) is 2. The van der Waals surface area contributed by atoms with Gasteiger partial charge in [-0.15, -0.1) is 0 Å². The number of para-hydroxylation sites is 1. The molecule has 5 rings (SSSR count). The number of fused-ring (bicyclic) bond motifs is 4. The summed E-state index contributed by atoms with van der Waals surface area (Å²) in [5.74, 6) is -0.924. The second kappa shape index (κ2) is 6.30. The fourth-order valence-electron chi connectivity index (χ4n) is 5.78. The Labute approximate surface area is 163 Å². The number of amides is 2. The highest BCUT2D eigenvalue weighted by atomic mass is 16.5. The molecule has 1 aliphatic carbocycles. The number of hydrogen-bond donors (Lipinski definition) is 2. The number of carbonyl (C=O) groups is 3. The molecule has 3 fully saturated rings.